The fraction of sp³-hybridized carbons (Fsp3) is 0.116. The van der Waals surface area contributed by atoms with E-state index in [-0.39, 0.29) is 10.8 Å². The molecule has 15 rings (SSSR count). The minimum Gasteiger partial charge on any atom is -0.308 e. The van der Waals surface area contributed by atoms with Crippen molar-refractivity contribution in [1.29, 1.82) is 0 Å². The third-order valence-corrected chi connectivity index (χ3v) is 16.0. The Balaban J connectivity index is 1.18. The van der Waals surface area contributed by atoms with Gasteiger partial charge in [-0.2, -0.15) is 0 Å². The molecule has 0 saturated carbocycles. The molecule has 0 N–H and O–H groups in total. The van der Waals surface area contributed by atoms with Crippen LogP contribution in [0, 0.1) is 0 Å². The molecule has 15 aromatic rings. The Labute approximate surface area is 429 Å². The average molecular weight is 952 g/mol. The number of para-hydroxylation sites is 4. The SMILES string of the molecule is CC(C)(C)c1cc(N(c2ccccc2)c2ccccc2)c2c(c1)c1cc(C(C)(C)C)cc3c4c5c6cc7ccccc7c7c8c9ccccc9cc(N(c9ccccc9)c9ccccc9)c8n(c5ncc4n2c13)c67. The Hall–Kier alpha value is -8.93. The van der Waals surface area contributed by atoms with Crippen LogP contribution >= 0.6 is 0 Å². The fourth-order valence-electron chi connectivity index (χ4n) is 12.5. The van der Waals surface area contributed by atoms with Crippen LogP contribution in [-0.4, -0.2) is 13.8 Å². The third-order valence-electron chi connectivity index (χ3n) is 16.0. The summed E-state index contributed by atoms with van der Waals surface area (Å²) in [4.78, 5) is 10.7. The van der Waals surface area contributed by atoms with Crippen LogP contribution in [0.15, 0.2) is 212 Å². The normalized spacial score (nSPS) is 12.7. The van der Waals surface area contributed by atoms with Crippen molar-refractivity contribution in [3.05, 3.63) is 224 Å². The van der Waals surface area contributed by atoms with Gasteiger partial charge in [-0.15, -0.1) is 0 Å². The molecule has 0 unspecified atom stereocenters. The van der Waals surface area contributed by atoms with Gasteiger partial charge >= 0.3 is 0 Å². The van der Waals surface area contributed by atoms with Crippen molar-refractivity contribution in [3.63, 3.8) is 0 Å². The summed E-state index contributed by atoms with van der Waals surface area (Å²) in [7, 11) is 0. The summed E-state index contributed by atoms with van der Waals surface area (Å²) in [6.07, 6.45) is 2.19. The Morgan fingerprint density at radius 1 is 0.338 bits per heavy atom. The summed E-state index contributed by atoms with van der Waals surface area (Å²) < 4.78 is 5.11. The lowest BCUT2D eigenvalue weighted by Gasteiger charge is -2.29. The fourth-order valence-corrected chi connectivity index (χ4v) is 12.5. The van der Waals surface area contributed by atoms with E-state index in [1.165, 1.54) is 92.3 Å². The van der Waals surface area contributed by atoms with Crippen molar-refractivity contribution < 1.29 is 0 Å². The first-order valence-corrected chi connectivity index (χ1v) is 26.0. The van der Waals surface area contributed by atoms with Crippen LogP contribution in [0.1, 0.15) is 52.7 Å². The number of benzene rings is 10. The molecule has 5 heterocycles. The zero-order chi connectivity index (χ0) is 49.8. The van der Waals surface area contributed by atoms with Crippen LogP contribution in [0.25, 0.3) is 97.9 Å². The average Bonchev–Trinajstić information content (AvgIpc) is 4.19. The lowest BCUT2D eigenvalue weighted by molar-refractivity contribution is 0.591. The molecular formula is C69H53N5. The lowest BCUT2D eigenvalue weighted by Crippen LogP contribution is -2.15. The van der Waals surface area contributed by atoms with Crippen LogP contribution in [0.4, 0.5) is 34.1 Å². The third kappa shape index (κ3) is 5.95. The molecule has 0 atom stereocenters. The van der Waals surface area contributed by atoms with E-state index in [0.29, 0.717) is 0 Å². The summed E-state index contributed by atoms with van der Waals surface area (Å²) in [6.45, 7) is 14.1. The van der Waals surface area contributed by atoms with Gasteiger partial charge in [-0.1, -0.05) is 163 Å². The van der Waals surface area contributed by atoms with E-state index in [1.54, 1.807) is 0 Å². The van der Waals surface area contributed by atoms with Gasteiger partial charge < -0.3 is 14.2 Å². The highest BCUT2D eigenvalue weighted by molar-refractivity contribution is 6.41. The van der Waals surface area contributed by atoms with Gasteiger partial charge in [-0.05, 0) is 128 Å². The highest BCUT2D eigenvalue weighted by atomic mass is 15.2. The molecule has 5 heteroatoms. The van der Waals surface area contributed by atoms with Gasteiger partial charge in [0.1, 0.15) is 5.65 Å². The first kappa shape index (κ1) is 42.7. The first-order valence-electron chi connectivity index (χ1n) is 26.0. The van der Waals surface area contributed by atoms with E-state index in [2.05, 4.69) is 273 Å². The number of aromatic nitrogens is 3. The molecule has 0 radical (unpaired) electrons. The Morgan fingerprint density at radius 3 is 1.28 bits per heavy atom. The molecule has 0 spiro atoms. The van der Waals surface area contributed by atoms with Crippen molar-refractivity contribution in [3.8, 4) is 0 Å². The first-order chi connectivity index (χ1) is 36.0. The molecule has 74 heavy (non-hydrogen) atoms. The molecule has 0 amide bonds. The largest absolute Gasteiger partial charge is 0.308 e. The van der Waals surface area contributed by atoms with Crippen molar-refractivity contribution in [2.45, 2.75) is 52.4 Å². The number of rotatable bonds is 6. The van der Waals surface area contributed by atoms with Gasteiger partial charge in [0.15, 0.2) is 0 Å². The van der Waals surface area contributed by atoms with Crippen LogP contribution in [0.2, 0.25) is 0 Å². The summed E-state index contributed by atoms with van der Waals surface area (Å²) in [5.74, 6) is 0. The van der Waals surface area contributed by atoms with Crippen molar-refractivity contribution in [1.82, 2.24) is 13.8 Å². The minimum absolute atomic E-state index is 0.121. The zero-order valence-corrected chi connectivity index (χ0v) is 42.4. The smallest absolute Gasteiger partial charge is 0.146 e. The van der Waals surface area contributed by atoms with Crippen LogP contribution in [0.3, 0.4) is 0 Å². The van der Waals surface area contributed by atoms with E-state index >= 15 is 0 Å². The predicted octanol–water partition coefficient (Wildman–Crippen LogP) is 19.2. The van der Waals surface area contributed by atoms with Crippen molar-refractivity contribution in [2.24, 2.45) is 0 Å². The van der Waals surface area contributed by atoms with Gasteiger partial charge in [0.25, 0.3) is 0 Å². The topological polar surface area (TPSA) is 28.2 Å². The Bertz CT molecular complexity index is 4630. The summed E-state index contributed by atoms with van der Waals surface area (Å²) in [5.41, 5.74) is 15.8. The quantitative estimate of drug-likeness (QED) is 0.166. The van der Waals surface area contributed by atoms with E-state index in [9.17, 15) is 0 Å². The van der Waals surface area contributed by atoms with Gasteiger partial charge in [-0.25, -0.2) is 4.98 Å². The second-order valence-electron chi connectivity index (χ2n) is 22.4. The zero-order valence-electron chi connectivity index (χ0n) is 42.4. The Kier molecular flexibility index (Phi) is 8.83. The molecule has 354 valence electrons. The van der Waals surface area contributed by atoms with Gasteiger partial charge in [0, 0.05) is 65.8 Å². The van der Waals surface area contributed by atoms with Gasteiger partial charge in [0.05, 0.1) is 45.2 Å². The maximum absolute atomic E-state index is 5.79. The number of hydrogen-bond acceptors (Lipinski definition) is 3. The van der Waals surface area contributed by atoms with E-state index < -0.39 is 0 Å². The highest BCUT2D eigenvalue weighted by Crippen LogP contribution is 2.54. The number of fused-ring (bicyclic) bond motifs is 17. The summed E-state index contributed by atoms with van der Waals surface area (Å²) >= 11 is 0. The number of hydrogen-bond donors (Lipinski definition) is 0. The summed E-state index contributed by atoms with van der Waals surface area (Å²) in [6, 6.07) is 76.2. The van der Waals surface area contributed by atoms with E-state index in [1.807, 2.05) is 0 Å². The molecule has 5 nitrogen and oxygen atoms in total. The van der Waals surface area contributed by atoms with E-state index in [4.69, 9.17) is 4.98 Å². The summed E-state index contributed by atoms with van der Waals surface area (Å²) in [5, 5.41) is 14.8. The number of nitrogens with zero attached hydrogens (tertiary/aromatic N) is 5. The minimum atomic E-state index is -0.130. The standard InChI is InChI=1S/C69H53N5/c1-68(2,3)44-37-52-53-38-45(69(4,5)6)40-57(72(48-29-15-9-16-30-48)49-31-17-10-18-32-49)64(53)73-58-41-70-67-62(59(58)55(39-44)63(52)73)54-35-42-23-19-21-33-50(42)60-61-51-34-22-20-24-43(51)36-56(66(61)74(67)65(54)60)71(46-25-11-7-12-26-46)47-27-13-8-14-28-47/h7-41H,1-6H3. The van der Waals surface area contributed by atoms with Crippen LogP contribution in [-0.2, 0) is 10.8 Å². The van der Waals surface area contributed by atoms with Crippen molar-refractivity contribution in [2.75, 3.05) is 9.80 Å². The van der Waals surface area contributed by atoms with Crippen LogP contribution < -0.4 is 9.80 Å². The molecule has 0 aliphatic heterocycles. The highest BCUT2D eigenvalue weighted by Gasteiger charge is 2.32. The van der Waals surface area contributed by atoms with Crippen molar-refractivity contribution >= 4 is 132 Å². The number of pyridine rings is 1. The lowest BCUT2D eigenvalue weighted by atomic mass is 9.84. The second kappa shape index (κ2) is 15.3. The molecule has 0 saturated heterocycles. The molecule has 0 aliphatic rings. The monoisotopic (exact) mass is 951 g/mol. The van der Waals surface area contributed by atoms with Gasteiger partial charge in [-0.3, -0.25) is 4.40 Å². The molecule has 10 aromatic carbocycles. The molecule has 0 fully saturated rings. The maximum atomic E-state index is 5.79. The maximum Gasteiger partial charge on any atom is 0.146 e. The van der Waals surface area contributed by atoms with Gasteiger partial charge in [0.2, 0.25) is 0 Å². The second-order valence-corrected chi connectivity index (χ2v) is 22.4. The number of anilines is 6. The molecule has 5 aromatic heterocycles. The predicted molar refractivity (Wildman–Crippen MR) is 315 cm³/mol. The molecular weight excluding hydrogens is 899 g/mol. The molecule has 0 aliphatic carbocycles. The molecule has 0 bridgehead atoms. The van der Waals surface area contributed by atoms with Crippen LogP contribution in [0.5, 0.6) is 0 Å². The Morgan fingerprint density at radius 2 is 0.757 bits per heavy atom. The van der Waals surface area contributed by atoms with E-state index in [0.717, 1.165) is 50.8 Å².